The lowest BCUT2D eigenvalue weighted by molar-refractivity contribution is -0.908. The lowest BCUT2D eigenvalue weighted by atomic mass is 10.1. The molecule has 1 spiro atoms. The van der Waals surface area contributed by atoms with Crippen molar-refractivity contribution in [2.45, 2.75) is 36.9 Å². The largest absolute Gasteiger partial charge is 0.451 e. The Morgan fingerprint density at radius 2 is 1.83 bits per heavy atom. The molecule has 0 unspecified atom stereocenters. The molecule has 11 heteroatoms. The zero-order valence-electron chi connectivity index (χ0n) is 20.1. The van der Waals surface area contributed by atoms with Crippen LogP contribution in [0.25, 0.3) is 11.0 Å². The van der Waals surface area contributed by atoms with Gasteiger partial charge >= 0.3 is 0 Å². The number of rotatable bonds is 7. The van der Waals surface area contributed by atoms with Gasteiger partial charge in [-0.3, -0.25) is 4.79 Å². The van der Waals surface area contributed by atoms with Gasteiger partial charge in [-0.05, 0) is 25.1 Å². The highest BCUT2D eigenvalue weighted by Gasteiger charge is 2.42. The quantitative estimate of drug-likeness (QED) is 0.518. The molecular weight excluding hydrogens is 474 g/mol. The number of hydrogen-bond acceptors (Lipinski definition) is 7. The number of carbonyl (C=O) groups excluding carboxylic acids is 1. The molecule has 1 amide bonds. The highest BCUT2D eigenvalue weighted by Crippen LogP contribution is 2.34. The molecule has 3 aliphatic rings. The monoisotopic (exact) mass is 508 g/mol. The van der Waals surface area contributed by atoms with Gasteiger partial charge in [-0.15, -0.1) is 0 Å². The molecular formula is C24H34N3O7S+. The molecule has 4 heterocycles. The molecule has 2 N–H and O–H groups in total. The summed E-state index contributed by atoms with van der Waals surface area (Å²) < 4.78 is 50.7. The van der Waals surface area contributed by atoms with Gasteiger partial charge in [0.2, 0.25) is 10.0 Å². The Hall–Kier alpha value is -2.02. The average molecular weight is 509 g/mol. The Morgan fingerprint density at radius 1 is 1.11 bits per heavy atom. The fraction of sp³-hybridized carbons (Fsp3) is 0.625. The van der Waals surface area contributed by atoms with Crippen molar-refractivity contribution in [3.63, 3.8) is 0 Å². The normalized spacial score (nSPS) is 21.6. The Morgan fingerprint density at radius 3 is 2.54 bits per heavy atom. The topological polar surface area (TPSA) is 112 Å². The van der Waals surface area contributed by atoms with E-state index in [9.17, 15) is 13.2 Å². The van der Waals surface area contributed by atoms with Crippen molar-refractivity contribution in [1.29, 1.82) is 0 Å². The molecule has 0 bridgehead atoms. The molecule has 35 heavy (non-hydrogen) atoms. The fourth-order valence-corrected chi connectivity index (χ4v) is 6.58. The molecule has 3 fully saturated rings. The smallest absolute Gasteiger partial charge is 0.287 e. The summed E-state index contributed by atoms with van der Waals surface area (Å²) in [5, 5.41) is 3.56. The van der Waals surface area contributed by atoms with E-state index < -0.39 is 15.8 Å². The number of furan rings is 1. The van der Waals surface area contributed by atoms with Crippen molar-refractivity contribution in [3.8, 4) is 0 Å². The number of amides is 1. The maximum absolute atomic E-state index is 13.3. The summed E-state index contributed by atoms with van der Waals surface area (Å²) in [6, 6.07) is 4.78. The Balaban J connectivity index is 1.23. The number of sulfonamides is 1. The van der Waals surface area contributed by atoms with E-state index in [1.807, 2.05) is 0 Å². The number of nitrogens with one attached hydrogen (secondary N) is 2. The van der Waals surface area contributed by atoms with Crippen LogP contribution in [0.3, 0.4) is 0 Å². The minimum Gasteiger partial charge on any atom is -0.451 e. The van der Waals surface area contributed by atoms with Crippen LogP contribution >= 0.6 is 0 Å². The van der Waals surface area contributed by atoms with E-state index in [1.165, 1.54) is 9.21 Å². The van der Waals surface area contributed by atoms with E-state index in [-0.39, 0.29) is 16.6 Å². The van der Waals surface area contributed by atoms with E-state index in [0.29, 0.717) is 62.2 Å². The summed E-state index contributed by atoms with van der Waals surface area (Å²) in [6.45, 7) is 8.69. The first-order valence-corrected chi connectivity index (χ1v) is 13.8. The number of ether oxygens (including phenoxy) is 3. The van der Waals surface area contributed by atoms with Gasteiger partial charge in [0, 0.05) is 49.8 Å². The molecule has 2 aromatic rings. The van der Waals surface area contributed by atoms with Crippen molar-refractivity contribution >= 4 is 26.9 Å². The van der Waals surface area contributed by atoms with Crippen LogP contribution in [0.5, 0.6) is 0 Å². The van der Waals surface area contributed by atoms with Crippen LogP contribution < -0.4 is 10.2 Å². The van der Waals surface area contributed by atoms with Gasteiger partial charge < -0.3 is 28.8 Å². The van der Waals surface area contributed by atoms with Crippen molar-refractivity contribution in [3.05, 3.63) is 29.5 Å². The van der Waals surface area contributed by atoms with Crippen LogP contribution in [0.4, 0.5) is 0 Å². The number of piperidine rings is 1. The van der Waals surface area contributed by atoms with E-state index in [4.69, 9.17) is 18.6 Å². The first-order valence-electron chi connectivity index (χ1n) is 12.4. The summed E-state index contributed by atoms with van der Waals surface area (Å²) in [5.41, 5.74) is 1.13. The van der Waals surface area contributed by atoms with Crippen molar-refractivity contribution in [2.24, 2.45) is 0 Å². The molecule has 3 saturated heterocycles. The zero-order chi connectivity index (χ0) is 24.5. The van der Waals surface area contributed by atoms with Crippen LogP contribution in [0, 0.1) is 6.92 Å². The molecule has 0 atom stereocenters. The van der Waals surface area contributed by atoms with Gasteiger partial charge in [-0.1, -0.05) is 0 Å². The van der Waals surface area contributed by atoms with E-state index in [2.05, 4.69) is 5.32 Å². The standard InChI is InChI=1S/C24H33N3O7S/c1-18-20-17-19(35(29,30)27-9-5-24(6-10-27)32-15-16-33-24)3-4-21(20)34-22(18)23(28)25-7-2-8-26-11-13-31-14-12-26/h3-4,17H,2,5-16H2,1H3,(H,25,28)/p+1. The van der Waals surface area contributed by atoms with Crippen LogP contribution in [0.15, 0.2) is 27.5 Å². The number of hydrogen-bond donors (Lipinski definition) is 2. The SMILES string of the molecule is Cc1c(C(=O)NCCC[NH+]2CCOCC2)oc2ccc(S(=O)(=O)N3CCC4(CC3)OCCO4)cc12. The summed E-state index contributed by atoms with van der Waals surface area (Å²) in [5.74, 6) is -0.690. The van der Waals surface area contributed by atoms with Gasteiger partial charge in [0.15, 0.2) is 11.5 Å². The second-order valence-electron chi connectivity index (χ2n) is 9.45. The highest BCUT2D eigenvalue weighted by molar-refractivity contribution is 7.89. The van der Waals surface area contributed by atoms with Crippen LogP contribution in [0.2, 0.25) is 0 Å². The predicted octanol–water partition coefficient (Wildman–Crippen LogP) is 0.304. The van der Waals surface area contributed by atoms with Crippen molar-refractivity contribution < 1.29 is 36.7 Å². The lowest BCUT2D eigenvalue weighted by Crippen LogP contribution is -3.14. The van der Waals surface area contributed by atoms with Crippen LogP contribution in [-0.2, 0) is 24.2 Å². The molecule has 192 valence electrons. The van der Waals surface area contributed by atoms with Crippen molar-refractivity contribution in [2.75, 3.05) is 65.7 Å². The summed E-state index contributed by atoms with van der Waals surface area (Å²) in [7, 11) is -3.69. The number of fused-ring (bicyclic) bond motifs is 1. The third kappa shape index (κ3) is 5.11. The highest BCUT2D eigenvalue weighted by atomic mass is 32.2. The fourth-order valence-electron chi connectivity index (χ4n) is 5.11. The van der Waals surface area contributed by atoms with E-state index >= 15 is 0 Å². The number of quaternary nitrogens is 1. The first kappa shape index (κ1) is 24.7. The summed E-state index contributed by atoms with van der Waals surface area (Å²) >= 11 is 0. The minimum absolute atomic E-state index is 0.193. The Labute approximate surface area is 205 Å². The maximum atomic E-state index is 13.3. The third-order valence-electron chi connectivity index (χ3n) is 7.24. The second-order valence-corrected chi connectivity index (χ2v) is 11.4. The van der Waals surface area contributed by atoms with E-state index in [0.717, 1.165) is 39.3 Å². The molecule has 10 nitrogen and oxygen atoms in total. The molecule has 0 saturated carbocycles. The zero-order valence-corrected chi connectivity index (χ0v) is 21.0. The molecule has 0 radical (unpaired) electrons. The predicted molar refractivity (Wildman–Crippen MR) is 127 cm³/mol. The van der Waals surface area contributed by atoms with Gasteiger partial charge in [-0.2, -0.15) is 4.31 Å². The molecule has 5 rings (SSSR count). The maximum Gasteiger partial charge on any atom is 0.287 e. The number of benzene rings is 1. The van der Waals surface area contributed by atoms with Gasteiger partial charge in [-0.25, -0.2) is 8.42 Å². The third-order valence-corrected chi connectivity index (χ3v) is 9.14. The van der Waals surface area contributed by atoms with Crippen LogP contribution in [-0.4, -0.2) is 90.1 Å². The van der Waals surface area contributed by atoms with Gasteiger partial charge in [0.05, 0.1) is 37.9 Å². The number of aryl methyl sites for hydroxylation is 1. The average Bonchev–Trinajstić information content (AvgIpc) is 3.46. The molecule has 3 aliphatic heterocycles. The minimum atomic E-state index is -3.69. The molecule has 1 aromatic heterocycles. The van der Waals surface area contributed by atoms with E-state index in [1.54, 1.807) is 25.1 Å². The molecule has 1 aromatic carbocycles. The number of morpholine rings is 1. The molecule has 0 aliphatic carbocycles. The summed E-state index contributed by atoms with van der Waals surface area (Å²) in [6.07, 6.45) is 1.89. The number of nitrogens with zero attached hydrogens (tertiary/aromatic N) is 1. The Bertz CT molecular complexity index is 1160. The Kier molecular flexibility index (Phi) is 7.16. The number of carbonyl (C=O) groups is 1. The first-order chi connectivity index (χ1) is 16.9. The van der Waals surface area contributed by atoms with Crippen LogP contribution in [0.1, 0.15) is 35.4 Å². The lowest BCUT2D eigenvalue weighted by Gasteiger charge is -2.36. The summed E-state index contributed by atoms with van der Waals surface area (Å²) in [4.78, 5) is 14.4. The van der Waals surface area contributed by atoms with Gasteiger partial charge in [0.1, 0.15) is 18.7 Å². The van der Waals surface area contributed by atoms with Gasteiger partial charge in [0.25, 0.3) is 5.91 Å². The second kappa shape index (κ2) is 10.2. The van der Waals surface area contributed by atoms with Crippen molar-refractivity contribution in [1.82, 2.24) is 9.62 Å².